The van der Waals surface area contributed by atoms with E-state index in [4.69, 9.17) is 0 Å². The Morgan fingerprint density at radius 1 is 0.307 bits per heavy atom. The minimum atomic E-state index is -0.556. The summed E-state index contributed by atoms with van der Waals surface area (Å²) in [5.74, 6) is 0. The van der Waals surface area contributed by atoms with Crippen LogP contribution in [-0.2, 0) is 22.7 Å². The Hall–Kier alpha value is -8.68. The van der Waals surface area contributed by atoms with Crippen LogP contribution in [0.5, 0.6) is 0 Å². The van der Waals surface area contributed by atoms with Gasteiger partial charge in [0.2, 0.25) is 0 Å². The summed E-state index contributed by atoms with van der Waals surface area (Å²) in [6.07, 6.45) is 0.865. The molecule has 2 atom stereocenters. The minimum Gasteiger partial charge on any atom is -0.0622 e. The maximum Gasteiger partial charge on any atom is 0.0713 e. The van der Waals surface area contributed by atoms with Gasteiger partial charge in [-0.15, -0.1) is 0 Å². The molecule has 0 radical (unpaired) electrons. The summed E-state index contributed by atoms with van der Waals surface area (Å²) in [4.78, 5) is 0. The third-order valence-electron chi connectivity index (χ3n) is 20.3. The first-order valence-electron chi connectivity index (χ1n) is 30.8. The summed E-state index contributed by atoms with van der Waals surface area (Å²) >= 11 is 5.08. The number of benzene rings is 14. The van der Waals surface area contributed by atoms with Gasteiger partial charge in [0.15, 0.2) is 0 Å². The Balaban J connectivity index is 0.750. The van der Waals surface area contributed by atoms with Gasteiger partial charge in [-0.3, -0.25) is 0 Å². The van der Waals surface area contributed by atoms with Gasteiger partial charge in [0.1, 0.15) is 0 Å². The first kappa shape index (κ1) is 53.6. The molecule has 2 unspecified atom stereocenters. The van der Waals surface area contributed by atoms with E-state index in [1.165, 1.54) is 173 Å². The highest BCUT2D eigenvalue weighted by Crippen LogP contribution is 2.59. The van der Waals surface area contributed by atoms with Gasteiger partial charge in [-0.25, -0.2) is 0 Å². The Kier molecular flexibility index (Phi) is 12.3. The summed E-state index contributed by atoms with van der Waals surface area (Å²) in [6.45, 7) is 9.41. The fourth-order valence-corrected chi connectivity index (χ4v) is 17.5. The van der Waals surface area contributed by atoms with Crippen molar-refractivity contribution in [1.82, 2.24) is 0 Å². The van der Waals surface area contributed by atoms with E-state index >= 15 is 0 Å². The maximum atomic E-state index is 2.60. The van der Waals surface area contributed by atoms with Gasteiger partial charge in [-0.1, -0.05) is 245 Å². The molecule has 0 aliphatic heterocycles. The van der Waals surface area contributed by atoms with Gasteiger partial charge in [0.25, 0.3) is 0 Å². The SMILES string of the molecule is Cc1ccc2ccc(-c3ccc4c(c3)C(c3ccccc3)(c3cccc(-c5cc6ccc(-c7cccc8c7-c7ccccc7C8(C)Cc7cc(-c8ccc9c(c8)-c8ccccc8C9(C)C)cc8cc(I)ccc78)cc6cc5I)c3)c3ccccc3-4)cc2c1. The molecule has 0 fully saturated rings. The van der Waals surface area contributed by atoms with Crippen LogP contribution in [-0.4, -0.2) is 0 Å². The van der Waals surface area contributed by atoms with Crippen LogP contribution in [0.3, 0.4) is 0 Å². The molecular weight excluding hydrogens is 1290 g/mol. The van der Waals surface area contributed by atoms with Crippen LogP contribution >= 0.6 is 45.2 Å². The van der Waals surface area contributed by atoms with Crippen molar-refractivity contribution >= 4 is 77.5 Å². The van der Waals surface area contributed by atoms with Gasteiger partial charge < -0.3 is 0 Å². The van der Waals surface area contributed by atoms with Crippen molar-refractivity contribution in [2.45, 2.75) is 50.4 Å². The van der Waals surface area contributed by atoms with E-state index in [0.717, 1.165) is 6.42 Å². The molecule has 0 amide bonds. The van der Waals surface area contributed by atoms with Gasteiger partial charge in [0.05, 0.1) is 5.41 Å². The molecule has 17 rings (SSSR count). The van der Waals surface area contributed by atoms with Crippen molar-refractivity contribution in [2.75, 3.05) is 0 Å². The minimum absolute atomic E-state index is 0.0355. The van der Waals surface area contributed by atoms with Crippen molar-refractivity contribution < 1.29 is 0 Å². The molecule has 0 bridgehead atoms. The summed E-state index contributed by atoms with van der Waals surface area (Å²) in [5.41, 5.74) is 30.4. The largest absolute Gasteiger partial charge is 0.0713 e. The van der Waals surface area contributed by atoms with E-state index in [-0.39, 0.29) is 10.8 Å². The van der Waals surface area contributed by atoms with E-state index in [1.807, 2.05) is 0 Å². The van der Waals surface area contributed by atoms with Crippen LogP contribution < -0.4 is 0 Å². The number of aryl methyl sites for hydroxylation is 1. The normalized spacial score (nSPS) is 16.5. The monoisotopic (exact) mass is 1350 g/mol. The Bertz CT molecular complexity index is 5280. The second kappa shape index (κ2) is 20.2. The van der Waals surface area contributed by atoms with Gasteiger partial charge in [-0.05, 0) is 279 Å². The zero-order valence-corrected chi connectivity index (χ0v) is 53.8. The van der Waals surface area contributed by atoms with Crippen molar-refractivity contribution in [3.63, 3.8) is 0 Å². The van der Waals surface area contributed by atoms with E-state index in [2.05, 4.69) is 352 Å². The molecule has 0 heterocycles. The molecule has 0 spiro atoms. The first-order valence-corrected chi connectivity index (χ1v) is 32.9. The van der Waals surface area contributed by atoms with Crippen LogP contribution in [0.4, 0.5) is 0 Å². The lowest BCUT2D eigenvalue weighted by Gasteiger charge is -2.34. The van der Waals surface area contributed by atoms with E-state index < -0.39 is 5.41 Å². The second-order valence-corrected chi connectivity index (χ2v) is 28.1. The van der Waals surface area contributed by atoms with Crippen LogP contribution in [0.15, 0.2) is 279 Å². The predicted molar refractivity (Wildman–Crippen MR) is 388 cm³/mol. The lowest BCUT2D eigenvalue weighted by Crippen LogP contribution is -2.28. The summed E-state index contributed by atoms with van der Waals surface area (Å²) in [6, 6.07) is 107. The molecule has 14 aromatic rings. The van der Waals surface area contributed by atoms with Crippen LogP contribution in [0.25, 0.3) is 110 Å². The van der Waals surface area contributed by atoms with Crippen molar-refractivity contribution in [1.29, 1.82) is 0 Å². The van der Waals surface area contributed by atoms with Gasteiger partial charge in [0, 0.05) is 18.0 Å². The average Bonchev–Trinajstić information content (AvgIpc) is 1.91. The fourth-order valence-electron chi connectivity index (χ4n) is 16.1. The lowest BCUT2D eigenvalue weighted by molar-refractivity contribution is 0.585. The highest BCUT2D eigenvalue weighted by atomic mass is 127. The molecule has 3 aliphatic carbocycles. The second-order valence-electron chi connectivity index (χ2n) is 25.7. The van der Waals surface area contributed by atoms with Crippen LogP contribution in [0.1, 0.15) is 76.4 Å². The predicted octanol–water partition coefficient (Wildman–Crippen LogP) is 23.5. The van der Waals surface area contributed by atoms with Crippen LogP contribution in [0.2, 0.25) is 0 Å². The fraction of sp³-hybridized carbons (Fsp3) is 0.0930. The smallest absolute Gasteiger partial charge is 0.0622 e. The maximum absolute atomic E-state index is 2.60. The molecule has 0 aromatic heterocycles. The summed E-state index contributed by atoms with van der Waals surface area (Å²) in [7, 11) is 0. The number of halogens is 2. The third kappa shape index (κ3) is 8.13. The number of hydrogen-bond donors (Lipinski definition) is 0. The number of fused-ring (bicyclic) bond motifs is 12. The summed E-state index contributed by atoms with van der Waals surface area (Å²) in [5, 5.41) is 7.60. The molecule has 88 heavy (non-hydrogen) atoms. The first-order chi connectivity index (χ1) is 42.9. The average molecular weight is 1350 g/mol. The molecule has 0 saturated heterocycles. The molecule has 0 nitrogen and oxygen atoms in total. The number of hydrogen-bond acceptors (Lipinski definition) is 0. The third-order valence-corrected chi connectivity index (χ3v) is 21.9. The van der Waals surface area contributed by atoms with Gasteiger partial charge in [-0.2, -0.15) is 0 Å². The molecular formula is C86H60I2. The molecule has 14 aromatic carbocycles. The van der Waals surface area contributed by atoms with Crippen molar-refractivity contribution in [2.24, 2.45) is 0 Å². The Morgan fingerprint density at radius 2 is 0.898 bits per heavy atom. The molecule has 418 valence electrons. The summed E-state index contributed by atoms with van der Waals surface area (Å²) < 4.78 is 2.47. The lowest BCUT2D eigenvalue weighted by atomic mass is 9.67. The Labute approximate surface area is 542 Å². The topological polar surface area (TPSA) is 0 Å². The van der Waals surface area contributed by atoms with E-state index in [1.54, 1.807) is 0 Å². The van der Waals surface area contributed by atoms with Crippen LogP contribution in [0, 0.1) is 14.1 Å². The molecule has 2 heteroatoms. The number of rotatable bonds is 8. The standard InChI is InChI=1S/C86H60I2/c1-52-28-29-53-30-31-54(41-60(53)40-52)57-34-37-72-70-20-9-13-26-79(70)86(81(72)49-57,65-17-6-5-7-18-65)66-19-14-16-58(45-66)74-47-55-32-33-59(42-62(55)50-82(74)88)69-23-15-27-80-83(69)73-22-10-12-25-78(73)85(80,4)51-64-44-61(43-63-46-67(87)36-38-68(63)64)56-35-39-77-75(48-56)71-21-8-11-24-76(71)84(77,2)3/h5-50H,51H2,1-4H3. The molecule has 0 saturated carbocycles. The van der Waals surface area contributed by atoms with E-state index in [0.29, 0.717) is 0 Å². The quantitative estimate of drug-likeness (QED) is 0.133. The van der Waals surface area contributed by atoms with E-state index in [9.17, 15) is 0 Å². The molecule has 3 aliphatic rings. The Morgan fingerprint density at radius 3 is 1.75 bits per heavy atom. The zero-order chi connectivity index (χ0) is 59.2. The van der Waals surface area contributed by atoms with Crippen molar-refractivity contribution in [3.8, 4) is 77.9 Å². The molecule has 0 N–H and O–H groups in total. The van der Waals surface area contributed by atoms with Crippen molar-refractivity contribution in [3.05, 3.63) is 342 Å². The zero-order valence-electron chi connectivity index (χ0n) is 49.5. The highest BCUT2D eigenvalue weighted by Gasteiger charge is 2.47. The van der Waals surface area contributed by atoms with Gasteiger partial charge >= 0.3 is 0 Å². The highest BCUT2D eigenvalue weighted by molar-refractivity contribution is 14.1.